The molecule has 2 rings (SSSR count). The molecule has 2 aliphatic rings. The van der Waals surface area contributed by atoms with Crippen LogP contribution in [0.3, 0.4) is 0 Å². The highest BCUT2D eigenvalue weighted by Gasteiger charge is 2.27. The largest absolute Gasteiger partial charge is 0.300 e. The zero-order valence-corrected chi connectivity index (χ0v) is 11.3. The molecule has 1 nitrogen and oxygen atoms in total. The Morgan fingerprint density at radius 3 is 2.19 bits per heavy atom. The highest BCUT2D eigenvalue weighted by atomic mass is 15.2. The van der Waals surface area contributed by atoms with Crippen LogP contribution in [0.4, 0.5) is 0 Å². The smallest absolute Gasteiger partial charge is 0.00953 e. The Hall–Kier alpha value is -0.0400. The molecule has 94 valence electrons. The Labute approximate surface area is 102 Å². The minimum absolute atomic E-state index is 0.883. The Kier molecular flexibility index (Phi) is 4.69. The molecule has 0 N–H and O–H groups in total. The standard InChI is InChI=1S/C15H29N/c1-13(2)14-8-7-11-16(12-14)15-9-5-3-4-6-10-15/h13-15H,3-12H2,1-2H3. The van der Waals surface area contributed by atoms with Gasteiger partial charge in [0.2, 0.25) is 0 Å². The van der Waals surface area contributed by atoms with Gasteiger partial charge in [0.15, 0.2) is 0 Å². The van der Waals surface area contributed by atoms with Crippen LogP contribution in [0, 0.1) is 11.8 Å². The molecule has 0 amide bonds. The number of nitrogens with zero attached hydrogens (tertiary/aromatic N) is 1. The fourth-order valence-electron chi connectivity index (χ4n) is 3.54. The molecule has 0 spiro atoms. The van der Waals surface area contributed by atoms with Crippen LogP contribution in [0.5, 0.6) is 0 Å². The molecule has 16 heavy (non-hydrogen) atoms. The van der Waals surface area contributed by atoms with E-state index in [1.165, 1.54) is 64.5 Å². The first-order valence-corrected chi connectivity index (χ1v) is 7.51. The summed E-state index contributed by atoms with van der Waals surface area (Å²) >= 11 is 0. The normalized spacial score (nSPS) is 30.6. The quantitative estimate of drug-likeness (QED) is 0.638. The Balaban J connectivity index is 1.87. The molecule has 1 atom stereocenters. The third-order valence-corrected chi connectivity index (χ3v) is 4.77. The molecule has 1 heterocycles. The SMILES string of the molecule is CC(C)C1CCCN(C2CCCCCC2)C1. The van der Waals surface area contributed by atoms with Crippen molar-refractivity contribution in [3.05, 3.63) is 0 Å². The van der Waals surface area contributed by atoms with Gasteiger partial charge in [-0.05, 0) is 44.1 Å². The molecule has 1 unspecified atom stereocenters. The third-order valence-electron chi connectivity index (χ3n) is 4.77. The number of rotatable bonds is 2. The highest BCUT2D eigenvalue weighted by molar-refractivity contribution is 4.81. The number of hydrogen-bond acceptors (Lipinski definition) is 1. The van der Waals surface area contributed by atoms with E-state index in [1.807, 2.05) is 0 Å². The van der Waals surface area contributed by atoms with Gasteiger partial charge in [0.05, 0.1) is 0 Å². The fraction of sp³-hybridized carbons (Fsp3) is 1.00. The zero-order chi connectivity index (χ0) is 11.4. The molecule has 1 saturated carbocycles. The summed E-state index contributed by atoms with van der Waals surface area (Å²) in [7, 11) is 0. The van der Waals surface area contributed by atoms with E-state index in [2.05, 4.69) is 18.7 Å². The van der Waals surface area contributed by atoms with Gasteiger partial charge in [-0.2, -0.15) is 0 Å². The number of hydrogen-bond donors (Lipinski definition) is 0. The summed E-state index contributed by atoms with van der Waals surface area (Å²) in [6, 6.07) is 0.934. The van der Waals surface area contributed by atoms with Gasteiger partial charge in [0.25, 0.3) is 0 Å². The van der Waals surface area contributed by atoms with Gasteiger partial charge in [-0.15, -0.1) is 0 Å². The second-order valence-corrected chi connectivity index (χ2v) is 6.29. The van der Waals surface area contributed by atoms with Gasteiger partial charge in [-0.25, -0.2) is 0 Å². The van der Waals surface area contributed by atoms with Crippen molar-refractivity contribution < 1.29 is 0 Å². The van der Waals surface area contributed by atoms with Gasteiger partial charge in [0.1, 0.15) is 0 Å². The molecule has 1 aliphatic heterocycles. The molecule has 1 saturated heterocycles. The first kappa shape index (κ1) is 12.4. The molecule has 2 fully saturated rings. The third kappa shape index (κ3) is 3.23. The molecule has 0 aromatic carbocycles. The van der Waals surface area contributed by atoms with Crippen LogP contribution in [-0.2, 0) is 0 Å². The van der Waals surface area contributed by atoms with Gasteiger partial charge < -0.3 is 4.90 Å². The first-order chi connectivity index (χ1) is 7.77. The van der Waals surface area contributed by atoms with Crippen LogP contribution in [-0.4, -0.2) is 24.0 Å². The van der Waals surface area contributed by atoms with E-state index in [4.69, 9.17) is 0 Å². The van der Waals surface area contributed by atoms with Crippen LogP contribution < -0.4 is 0 Å². The van der Waals surface area contributed by atoms with Crippen molar-refractivity contribution >= 4 is 0 Å². The Morgan fingerprint density at radius 2 is 1.56 bits per heavy atom. The van der Waals surface area contributed by atoms with Crippen molar-refractivity contribution in [1.29, 1.82) is 0 Å². The van der Waals surface area contributed by atoms with E-state index < -0.39 is 0 Å². The van der Waals surface area contributed by atoms with Gasteiger partial charge >= 0.3 is 0 Å². The topological polar surface area (TPSA) is 3.24 Å². The lowest BCUT2D eigenvalue weighted by Crippen LogP contribution is -2.43. The van der Waals surface area contributed by atoms with Crippen LogP contribution in [0.15, 0.2) is 0 Å². The van der Waals surface area contributed by atoms with E-state index in [1.54, 1.807) is 0 Å². The van der Waals surface area contributed by atoms with Gasteiger partial charge in [0, 0.05) is 12.6 Å². The van der Waals surface area contributed by atoms with E-state index in [0.717, 1.165) is 17.9 Å². The minimum Gasteiger partial charge on any atom is -0.300 e. The van der Waals surface area contributed by atoms with E-state index in [0.29, 0.717) is 0 Å². The number of piperidine rings is 1. The monoisotopic (exact) mass is 223 g/mol. The van der Waals surface area contributed by atoms with Crippen LogP contribution in [0.2, 0.25) is 0 Å². The minimum atomic E-state index is 0.883. The maximum atomic E-state index is 2.83. The molecular weight excluding hydrogens is 194 g/mol. The molecule has 0 bridgehead atoms. The second kappa shape index (κ2) is 6.05. The fourth-order valence-corrected chi connectivity index (χ4v) is 3.54. The lowest BCUT2D eigenvalue weighted by molar-refractivity contribution is 0.0938. The Morgan fingerprint density at radius 1 is 0.875 bits per heavy atom. The van der Waals surface area contributed by atoms with E-state index >= 15 is 0 Å². The Bertz CT molecular complexity index is 192. The van der Waals surface area contributed by atoms with Crippen molar-refractivity contribution in [2.45, 2.75) is 71.3 Å². The summed E-state index contributed by atoms with van der Waals surface area (Å²) in [5, 5.41) is 0. The van der Waals surface area contributed by atoms with Crippen molar-refractivity contribution in [3.8, 4) is 0 Å². The maximum absolute atomic E-state index is 2.83. The summed E-state index contributed by atoms with van der Waals surface area (Å²) < 4.78 is 0. The van der Waals surface area contributed by atoms with Crippen LogP contribution >= 0.6 is 0 Å². The average molecular weight is 223 g/mol. The summed E-state index contributed by atoms with van der Waals surface area (Å²) in [6.45, 7) is 7.58. The van der Waals surface area contributed by atoms with Crippen molar-refractivity contribution in [2.24, 2.45) is 11.8 Å². The predicted octanol–water partition coefficient (Wildman–Crippen LogP) is 4.08. The van der Waals surface area contributed by atoms with Crippen molar-refractivity contribution in [3.63, 3.8) is 0 Å². The summed E-state index contributed by atoms with van der Waals surface area (Å²) in [5.74, 6) is 1.85. The molecule has 0 aromatic rings. The summed E-state index contributed by atoms with van der Waals surface area (Å²) in [4.78, 5) is 2.83. The lowest BCUT2D eigenvalue weighted by Gasteiger charge is -2.39. The van der Waals surface area contributed by atoms with E-state index in [9.17, 15) is 0 Å². The van der Waals surface area contributed by atoms with Gasteiger partial charge in [-0.1, -0.05) is 39.5 Å². The van der Waals surface area contributed by atoms with E-state index in [-0.39, 0.29) is 0 Å². The van der Waals surface area contributed by atoms with Gasteiger partial charge in [-0.3, -0.25) is 0 Å². The van der Waals surface area contributed by atoms with Crippen molar-refractivity contribution in [2.75, 3.05) is 13.1 Å². The molecule has 1 aliphatic carbocycles. The average Bonchev–Trinajstić information content (AvgIpc) is 2.57. The summed E-state index contributed by atoms with van der Waals surface area (Å²) in [6.07, 6.45) is 11.8. The first-order valence-electron chi connectivity index (χ1n) is 7.51. The maximum Gasteiger partial charge on any atom is 0.00953 e. The zero-order valence-electron chi connectivity index (χ0n) is 11.3. The predicted molar refractivity (Wildman–Crippen MR) is 70.6 cm³/mol. The second-order valence-electron chi connectivity index (χ2n) is 6.29. The van der Waals surface area contributed by atoms with Crippen LogP contribution in [0.1, 0.15) is 65.2 Å². The molecule has 0 aromatic heterocycles. The lowest BCUT2D eigenvalue weighted by atomic mass is 9.86. The number of likely N-dealkylation sites (tertiary alicyclic amines) is 1. The highest BCUT2D eigenvalue weighted by Crippen LogP contribution is 2.29. The molecular formula is C15H29N. The molecule has 1 heteroatoms. The summed E-state index contributed by atoms with van der Waals surface area (Å²) in [5.41, 5.74) is 0. The molecule has 0 radical (unpaired) electrons. The van der Waals surface area contributed by atoms with Crippen LogP contribution in [0.25, 0.3) is 0 Å². The van der Waals surface area contributed by atoms with Crippen molar-refractivity contribution in [1.82, 2.24) is 4.90 Å².